The third-order valence-electron chi connectivity index (χ3n) is 3.17. The molecule has 0 unspecified atom stereocenters. The number of sulfonamides is 1. The van der Waals surface area contributed by atoms with E-state index in [2.05, 4.69) is 4.99 Å². The number of amidine groups is 1. The molecule has 0 saturated carbocycles. The molecule has 0 amide bonds. The summed E-state index contributed by atoms with van der Waals surface area (Å²) >= 11 is 5.64. The normalized spacial score (nSPS) is 12.2. The largest absolute Gasteiger partial charge is 0.386 e. The highest BCUT2D eigenvalue weighted by Gasteiger charge is 2.26. The van der Waals surface area contributed by atoms with E-state index in [-0.39, 0.29) is 22.3 Å². The van der Waals surface area contributed by atoms with Gasteiger partial charge in [0.2, 0.25) is 0 Å². The van der Waals surface area contributed by atoms with E-state index in [1.54, 1.807) is 49.4 Å². The Balaban J connectivity index is 2.56. The van der Waals surface area contributed by atoms with Crippen molar-refractivity contribution in [1.29, 1.82) is 0 Å². The van der Waals surface area contributed by atoms with Crippen LogP contribution in [0.25, 0.3) is 0 Å². The Morgan fingerprint density at radius 2 is 1.74 bits per heavy atom. The second-order valence-corrected chi connectivity index (χ2v) is 6.81. The molecule has 23 heavy (non-hydrogen) atoms. The van der Waals surface area contributed by atoms with E-state index in [1.165, 1.54) is 10.4 Å². The summed E-state index contributed by atoms with van der Waals surface area (Å²) in [5.74, 6) is 0.196. The quantitative estimate of drug-likeness (QED) is 0.493. The molecule has 0 fully saturated rings. The fourth-order valence-corrected chi connectivity index (χ4v) is 3.82. The molecule has 0 saturated heterocycles. The number of hydrogen-bond donors (Lipinski definition) is 1. The molecular formula is C16H18ClN3O2S. The van der Waals surface area contributed by atoms with Crippen molar-refractivity contribution < 1.29 is 8.42 Å². The number of nitrogens with two attached hydrogens (primary N) is 1. The van der Waals surface area contributed by atoms with Gasteiger partial charge in [0.15, 0.2) is 0 Å². The Bertz CT molecular complexity index is 792. The Labute approximate surface area is 141 Å². The number of alkyl halides is 1. The number of aliphatic imine (C=N–C) groups is 1. The molecule has 2 rings (SSSR count). The van der Waals surface area contributed by atoms with Gasteiger partial charge in [-0.25, -0.2) is 13.4 Å². The van der Waals surface area contributed by atoms with Gasteiger partial charge in [-0.2, -0.15) is 0 Å². The zero-order valence-electron chi connectivity index (χ0n) is 12.7. The monoisotopic (exact) mass is 351 g/mol. The average molecular weight is 352 g/mol. The first kappa shape index (κ1) is 17.3. The van der Waals surface area contributed by atoms with Crippen LogP contribution in [0.3, 0.4) is 0 Å². The van der Waals surface area contributed by atoms with Crippen molar-refractivity contribution in [2.75, 3.05) is 16.7 Å². The molecule has 0 aliphatic carbocycles. The van der Waals surface area contributed by atoms with E-state index in [0.717, 1.165) is 0 Å². The van der Waals surface area contributed by atoms with E-state index in [0.29, 0.717) is 12.2 Å². The maximum Gasteiger partial charge on any atom is 0.266 e. The minimum absolute atomic E-state index is 0.0323. The van der Waals surface area contributed by atoms with Gasteiger partial charge in [0.05, 0.1) is 17.3 Å². The molecule has 5 nitrogen and oxygen atoms in total. The van der Waals surface area contributed by atoms with Crippen LogP contribution in [-0.2, 0) is 10.0 Å². The number of benzene rings is 2. The molecule has 0 spiro atoms. The predicted octanol–water partition coefficient (Wildman–Crippen LogP) is 3.13. The first-order valence-corrected chi connectivity index (χ1v) is 9.04. The van der Waals surface area contributed by atoms with Crippen LogP contribution in [0.5, 0.6) is 0 Å². The molecule has 2 N–H and O–H groups in total. The number of hydrogen-bond acceptors (Lipinski definition) is 3. The van der Waals surface area contributed by atoms with Crippen LogP contribution in [0.15, 0.2) is 64.5 Å². The molecule has 0 aliphatic heterocycles. The van der Waals surface area contributed by atoms with Crippen LogP contribution in [0, 0.1) is 0 Å². The first-order chi connectivity index (χ1) is 11.0. The average Bonchev–Trinajstić information content (AvgIpc) is 2.56. The second kappa shape index (κ2) is 7.48. The SMILES string of the molecule is CCN(c1ccccc1)S(=O)(=O)c1ccccc1N=C(N)CCl. The predicted molar refractivity (Wildman–Crippen MR) is 95.1 cm³/mol. The third-order valence-corrected chi connectivity index (χ3v) is 5.39. The lowest BCUT2D eigenvalue weighted by Gasteiger charge is -2.23. The molecule has 0 heterocycles. The van der Waals surface area contributed by atoms with E-state index >= 15 is 0 Å². The standard InChI is InChI=1S/C16H18ClN3O2S/c1-2-20(13-8-4-3-5-9-13)23(21,22)15-11-7-6-10-14(15)19-16(18)12-17/h3-11H,2,12H2,1H3,(H2,18,19). The van der Waals surface area contributed by atoms with Gasteiger partial charge in [0.1, 0.15) is 10.7 Å². The molecule has 122 valence electrons. The summed E-state index contributed by atoms with van der Waals surface area (Å²) in [6.45, 7) is 2.08. The summed E-state index contributed by atoms with van der Waals surface area (Å²) in [6.07, 6.45) is 0. The number of halogens is 1. The summed E-state index contributed by atoms with van der Waals surface area (Å²) in [7, 11) is -3.76. The van der Waals surface area contributed by atoms with Gasteiger partial charge < -0.3 is 5.73 Å². The van der Waals surface area contributed by atoms with Crippen molar-refractivity contribution in [2.24, 2.45) is 10.7 Å². The van der Waals surface area contributed by atoms with Crippen LogP contribution in [0.2, 0.25) is 0 Å². The van der Waals surface area contributed by atoms with Crippen LogP contribution in [-0.4, -0.2) is 26.7 Å². The highest BCUT2D eigenvalue weighted by Crippen LogP contribution is 2.30. The minimum atomic E-state index is -3.76. The Hall–Kier alpha value is -2.05. The highest BCUT2D eigenvalue weighted by molar-refractivity contribution is 7.93. The van der Waals surface area contributed by atoms with Crippen molar-refractivity contribution in [1.82, 2.24) is 0 Å². The summed E-state index contributed by atoms with van der Waals surface area (Å²) in [5.41, 5.74) is 6.52. The van der Waals surface area contributed by atoms with Crippen molar-refractivity contribution in [3.8, 4) is 0 Å². The van der Waals surface area contributed by atoms with Crippen molar-refractivity contribution in [3.63, 3.8) is 0 Å². The third kappa shape index (κ3) is 3.83. The molecule has 0 radical (unpaired) electrons. The molecule has 2 aromatic rings. The zero-order chi connectivity index (χ0) is 16.9. The molecule has 0 atom stereocenters. The number of rotatable bonds is 6. The second-order valence-electron chi connectivity index (χ2n) is 4.71. The maximum absolute atomic E-state index is 13.0. The molecule has 2 aromatic carbocycles. The lowest BCUT2D eigenvalue weighted by atomic mass is 10.3. The molecule has 0 aliphatic rings. The van der Waals surface area contributed by atoms with Crippen LogP contribution in [0.4, 0.5) is 11.4 Å². The summed E-state index contributed by atoms with van der Waals surface area (Å²) in [6, 6.07) is 15.4. The summed E-state index contributed by atoms with van der Waals surface area (Å²) < 4.78 is 27.4. The van der Waals surface area contributed by atoms with Crippen LogP contribution >= 0.6 is 11.6 Å². The fraction of sp³-hybridized carbons (Fsp3) is 0.188. The maximum atomic E-state index is 13.0. The van der Waals surface area contributed by atoms with Crippen molar-refractivity contribution >= 4 is 38.8 Å². The van der Waals surface area contributed by atoms with E-state index in [9.17, 15) is 8.42 Å². The number of anilines is 1. The smallest absolute Gasteiger partial charge is 0.266 e. The van der Waals surface area contributed by atoms with Gasteiger partial charge in [-0.3, -0.25) is 4.31 Å². The van der Waals surface area contributed by atoms with Gasteiger partial charge in [0.25, 0.3) is 10.0 Å². The first-order valence-electron chi connectivity index (χ1n) is 7.06. The van der Waals surface area contributed by atoms with Crippen LogP contribution in [0.1, 0.15) is 6.92 Å². The van der Waals surface area contributed by atoms with Gasteiger partial charge in [-0.15, -0.1) is 11.6 Å². The van der Waals surface area contributed by atoms with Gasteiger partial charge in [-0.05, 0) is 31.2 Å². The Morgan fingerprint density at radius 3 is 2.35 bits per heavy atom. The highest BCUT2D eigenvalue weighted by atomic mass is 35.5. The number of nitrogens with zero attached hydrogens (tertiary/aromatic N) is 2. The lowest BCUT2D eigenvalue weighted by Crippen LogP contribution is -2.30. The van der Waals surface area contributed by atoms with Gasteiger partial charge in [0, 0.05) is 6.54 Å². The van der Waals surface area contributed by atoms with Crippen molar-refractivity contribution in [2.45, 2.75) is 11.8 Å². The molecule has 0 aromatic heterocycles. The number of para-hydroxylation sites is 2. The molecular weight excluding hydrogens is 334 g/mol. The Morgan fingerprint density at radius 1 is 1.13 bits per heavy atom. The van der Waals surface area contributed by atoms with Crippen molar-refractivity contribution in [3.05, 3.63) is 54.6 Å². The van der Waals surface area contributed by atoms with Gasteiger partial charge >= 0.3 is 0 Å². The van der Waals surface area contributed by atoms with E-state index in [4.69, 9.17) is 17.3 Å². The van der Waals surface area contributed by atoms with Gasteiger partial charge in [-0.1, -0.05) is 30.3 Å². The lowest BCUT2D eigenvalue weighted by molar-refractivity contribution is 0.592. The molecule has 0 bridgehead atoms. The Kier molecular flexibility index (Phi) is 5.63. The topological polar surface area (TPSA) is 75.8 Å². The minimum Gasteiger partial charge on any atom is -0.386 e. The van der Waals surface area contributed by atoms with E-state index in [1.807, 2.05) is 6.07 Å². The van der Waals surface area contributed by atoms with Crippen LogP contribution < -0.4 is 10.0 Å². The summed E-state index contributed by atoms with van der Waals surface area (Å²) in [4.78, 5) is 4.21. The fourth-order valence-electron chi connectivity index (χ4n) is 2.16. The molecule has 7 heteroatoms. The van der Waals surface area contributed by atoms with E-state index < -0.39 is 10.0 Å². The zero-order valence-corrected chi connectivity index (χ0v) is 14.3. The summed E-state index contributed by atoms with van der Waals surface area (Å²) in [5, 5.41) is 0.